The summed E-state index contributed by atoms with van der Waals surface area (Å²) in [4.78, 5) is 13.4. The van der Waals surface area contributed by atoms with E-state index in [0.29, 0.717) is 12.5 Å². The van der Waals surface area contributed by atoms with Crippen LogP contribution < -0.4 is 5.69 Å². The van der Waals surface area contributed by atoms with E-state index in [9.17, 15) is 4.79 Å². The number of hydrogen-bond acceptors (Lipinski definition) is 4. The molecule has 182 valence electrons. The Labute approximate surface area is 206 Å². The zero-order valence-electron chi connectivity index (χ0n) is 20.5. The minimum atomic E-state index is 0.134. The maximum absolute atomic E-state index is 13.4. The standard InChI is InChI=1S/C28H34N6O/c1-2-3-9-18-32-20-27(24-10-5-4-6-11-24)33(28(32)35)19-22-14-16-23(17-15-22)25-12-7-8-13-26(25)34-21-29-30-31-34/h7-8,12-17,20-21,24H,2-6,9-11,18-19H2,1H3. The lowest BCUT2D eigenvalue weighted by molar-refractivity contribution is 0.425. The Morgan fingerprint density at radius 3 is 2.51 bits per heavy atom. The molecule has 0 N–H and O–H groups in total. The third kappa shape index (κ3) is 5.14. The largest absolute Gasteiger partial charge is 0.328 e. The van der Waals surface area contributed by atoms with Crippen molar-refractivity contribution in [3.63, 3.8) is 0 Å². The van der Waals surface area contributed by atoms with Gasteiger partial charge in [-0.15, -0.1) is 5.10 Å². The number of rotatable bonds is 9. The molecule has 2 aromatic heterocycles. The molecule has 2 heterocycles. The van der Waals surface area contributed by atoms with Gasteiger partial charge in [-0.1, -0.05) is 81.5 Å². The van der Waals surface area contributed by atoms with Gasteiger partial charge >= 0.3 is 5.69 Å². The first-order chi connectivity index (χ1) is 17.2. The van der Waals surface area contributed by atoms with E-state index in [4.69, 9.17) is 0 Å². The van der Waals surface area contributed by atoms with Gasteiger partial charge in [0.2, 0.25) is 0 Å². The Morgan fingerprint density at radius 1 is 0.971 bits per heavy atom. The van der Waals surface area contributed by atoms with Crippen LogP contribution in [0.15, 0.2) is 65.8 Å². The smallest absolute Gasteiger partial charge is 0.299 e. The summed E-state index contributed by atoms with van der Waals surface area (Å²) in [5, 5.41) is 11.6. The molecule has 0 spiro atoms. The van der Waals surface area contributed by atoms with Gasteiger partial charge in [0.05, 0.1) is 12.2 Å². The fraction of sp³-hybridized carbons (Fsp3) is 0.429. The Hall–Kier alpha value is -3.48. The molecule has 1 fully saturated rings. The third-order valence-corrected chi connectivity index (χ3v) is 7.21. The monoisotopic (exact) mass is 470 g/mol. The summed E-state index contributed by atoms with van der Waals surface area (Å²) in [5.74, 6) is 0.492. The zero-order valence-corrected chi connectivity index (χ0v) is 20.5. The predicted octanol–water partition coefficient (Wildman–Crippen LogP) is 5.58. The maximum atomic E-state index is 13.4. The normalized spacial score (nSPS) is 14.4. The Morgan fingerprint density at radius 2 is 1.77 bits per heavy atom. The number of aryl methyl sites for hydroxylation is 1. The van der Waals surface area contributed by atoms with Gasteiger partial charge < -0.3 is 0 Å². The molecule has 7 nitrogen and oxygen atoms in total. The molecule has 35 heavy (non-hydrogen) atoms. The van der Waals surface area contributed by atoms with Crippen LogP contribution in [0.25, 0.3) is 16.8 Å². The number of aromatic nitrogens is 6. The van der Waals surface area contributed by atoms with Crippen molar-refractivity contribution in [2.45, 2.75) is 77.3 Å². The Kier molecular flexibility index (Phi) is 7.21. The number of benzene rings is 2. The van der Waals surface area contributed by atoms with Gasteiger partial charge in [0.25, 0.3) is 0 Å². The summed E-state index contributed by atoms with van der Waals surface area (Å²) in [7, 11) is 0. The summed E-state index contributed by atoms with van der Waals surface area (Å²) in [6.07, 6.45) is 13.3. The first-order valence-corrected chi connectivity index (χ1v) is 13.0. The summed E-state index contributed by atoms with van der Waals surface area (Å²) in [6.45, 7) is 3.62. The molecule has 0 saturated heterocycles. The molecule has 1 aliphatic rings. The topological polar surface area (TPSA) is 70.5 Å². The quantitative estimate of drug-likeness (QED) is 0.300. The molecule has 0 unspecified atom stereocenters. The average molecular weight is 471 g/mol. The first-order valence-electron chi connectivity index (χ1n) is 13.0. The molecular weight excluding hydrogens is 436 g/mol. The number of para-hydroxylation sites is 1. The number of nitrogens with zero attached hydrogens (tertiary/aromatic N) is 6. The molecular formula is C28H34N6O. The summed E-state index contributed by atoms with van der Waals surface area (Å²) >= 11 is 0. The predicted molar refractivity (Wildman–Crippen MR) is 138 cm³/mol. The zero-order chi connectivity index (χ0) is 24.0. The van der Waals surface area contributed by atoms with E-state index >= 15 is 0 Å². The van der Waals surface area contributed by atoms with Crippen LogP contribution in [0, 0.1) is 0 Å². The second kappa shape index (κ2) is 10.8. The van der Waals surface area contributed by atoms with Gasteiger partial charge in [0.15, 0.2) is 0 Å². The summed E-state index contributed by atoms with van der Waals surface area (Å²) in [5.41, 5.74) is 5.59. The van der Waals surface area contributed by atoms with Crippen molar-refractivity contribution in [3.05, 3.63) is 82.8 Å². The van der Waals surface area contributed by atoms with E-state index in [1.54, 1.807) is 11.0 Å². The number of hydrogen-bond donors (Lipinski definition) is 0. The lowest BCUT2D eigenvalue weighted by atomic mass is 9.87. The SMILES string of the molecule is CCCCCn1cc(C2CCCCC2)n(Cc2ccc(-c3ccccc3-n3cnnn3)cc2)c1=O. The highest BCUT2D eigenvalue weighted by Gasteiger charge is 2.22. The summed E-state index contributed by atoms with van der Waals surface area (Å²) < 4.78 is 5.67. The van der Waals surface area contributed by atoms with E-state index in [0.717, 1.165) is 48.2 Å². The molecule has 7 heteroatoms. The molecule has 0 bridgehead atoms. The van der Waals surface area contributed by atoms with Gasteiger partial charge in [-0.3, -0.25) is 9.13 Å². The van der Waals surface area contributed by atoms with Gasteiger partial charge in [0.1, 0.15) is 6.33 Å². The van der Waals surface area contributed by atoms with Gasteiger partial charge in [-0.05, 0) is 46.9 Å². The lowest BCUT2D eigenvalue weighted by Gasteiger charge is -2.22. The molecule has 0 amide bonds. The van der Waals surface area contributed by atoms with Crippen LogP contribution in [0.5, 0.6) is 0 Å². The van der Waals surface area contributed by atoms with Crippen molar-refractivity contribution in [1.29, 1.82) is 0 Å². The van der Waals surface area contributed by atoms with Gasteiger partial charge in [0, 0.05) is 29.9 Å². The summed E-state index contributed by atoms with van der Waals surface area (Å²) in [6, 6.07) is 16.6. The molecule has 0 atom stereocenters. The van der Waals surface area contributed by atoms with Crippen LogP contribution in [0.1, 0.15) is 75.5 Å². The molecule has 0 aliphatic heterocycles. The van der Waals surface area contributed by atoms with Crippen LogP contribution in [0.3, 0.4) is 0 Å². The van der Waals surface area contributed by atoms with Crippen molar-refractivity contribution < 1.29 is 0 Å². The maximum Gasteiger partial charge on any atom is 0.328 e. The number of imidazole rings is 1. The van der Waals surface area contributed by atoms with E-state index in [1.165, 1.54) is 37.8 Å². The highest BCUT2D eigenvalue weighted by Crippen LogP contribution is 2.33. The van der Waals surface area contributed by atoms with Crippen molar-refractivity contribution >= 4 is 0 Å². The highest BCUT2D eigenvalue weighted by molar-refractivity contribution is 5.72. The fourth-order valence-electron chi connectivity index (χ4n) is 5.29. The van der Waals surface area contributed by atoms with E-state index in [2.05, 4.69) is 59.0 Å². The van der Waals surface area contributed by atoms with Gasteiger partial charge in [-0.25, -0.2) is 4.79 Å². The third-order valence-electron chi connectivity index (χ3n) is 7.21. The first kappa shape index (κ1) is 23.3. The van der Waals surface area contributed by atoms with Crippen molar-refractivity contribution in [3.8, 4) is 16.8 Å². The van der Waals surface area contributed by atoms with E-state index in [1.807, 2.05) is 27.3 Å². The molecule has 0 radical (unpaired) electrons. The lowest BCUT2D eigenvalue weighted by Crippen LogP contribution is -2.26. The molecule has 1 aliphatic carbocycles. The van der Waals surface area contributed by atoms with Crippen LogP contribution in [-0.2, 0) is 13.1 Å². The van der Waals surface area contributed by atoms with Crippen LogP contribution in [0.2, 0.25) is 0 Å². The van der Waals surface area contributed by atoms with E-state index < -0.39 is 0 Å². The molecule has 5 rings (SSSR count). The molecule has 2 aromatic carbocycles. The highest BCUT2D eigenvalue weighted by atomic mass is 16.1. The Balaban J connectivity index is 1.42. The number of tetrazole rings is 1. The average Bonchev–Trinajstić information content (AvgIpc) is 3.55. The van der Waals surface area contributed by atoms with Crippen molar-refractivity contribution in [1.82, 2.24) is 29.3 Å². The van der Waals surface area contributed by atoms with E-state index in [-0.39, 0.29) is 5.69 Å². The van der Waals surface area contributed by atoms with Crippen LogP contribution in [-0.4, -0.2) is 29.3 Å². The fourth-order valence-corrected chi connectivity index (χ4v) is 5.29. The second-order valence-electron chi connectivity index (χ2n) is 9.63. The van der Waals surface area contributed by atoms with Gasteiger partial charge in [-0.2, -0.15) is 4.68 Å². The molecule has 4 aromatic rings. The van der Waals surface area contributed by atoms with Crippen LogP contribution in [0.4, 0.5) is 0 Å². The second-order valence-corrected chi connectivity index (χ2v) is 9.63. The molecule has 1 saturated carbocycles. The number of unbranched alkanes of at least 4 members (excludes halogenated alkanes) is 2. The minimum Gasteiger partial charge on any atom is -0.299 e. The van der Waals surface area contributed by atoms with Crippen molar-refractivity contribution in [2.75, 3.05) is 0 Å². The van der Waals surface area contributed by atoms with Crippen LogP contribution >= 0.6 is 0 Å². The Bertz CT molecular complexity index is 1280. The van der Waals surface area contributed by atoms with Crippen molar-refractivity contribution in [2.24, 2.45) is 0 Å². The minimum absolute atomic E-state index is 0.134.